The van der Waals surface area contributed by atoms with E-state index in [1.165, 1.54) is 21.2 Å². The molecule has 2 rings (SSSR count). The van der Waals surface area contributed by atoms with E-state index < -0.39 is 0 Å². The van der Waals surface area contributed by atoms with Crippen LogP contribution in [0.5, 0.6) is 0 Å². The number of hydrogen-bond acceptors (Lipinski definition) is 1. The van der Waals surface area contributed by atoms with Crippen molar-refractivity contribution in [1.29, 1.82) is 0 Å². The Morgan fingerprint density at radius 1 is 1.46 bits per heavy atom. The van der Waals surface area contributed by atoms with Gasteiger partial charge in [0.1, 0.15) is 0 Å². The molecular weight excluding hydrogens is 226 g/mol. The fourth-order valence-electron chi connectivity index (χ4n) is 2.13. The van der Waals surface area contributed by atoms with E-state index in [0.29, 0.717) is 6.04 Å². The van der Waals surface area contributed by atoms with Crippen LogP contribution in [0.1, 0.15) is 29.7 Å². The van der Waals surface area contributed by atoms with Gasteiger partial charge in [0.2, 0.25) is 0 Å². The highest BCUT2D eigenvalue weighted by Crippen LogP contribution is 2.31. The number of aryl methyl sites for hydroxylation is 1. The second-order valence-electron chi connectivity index (χ2n) is 3.68. The fraction of sp³-hybridized carbons (Fsp3) is 0.455. The van der Waals surface area contributed by atoms with Crippen molar-refractivity contribution < 1.29 is 0 Å². The van der Waals surface area contributed by atoms with Crippen LogP contribution < -0.4 is 5.32 Å². The highest BCUT2D eigenvalue weighted by atomic mass is 79.9. The molecule has 1 aliphatic rings. The summed E-state index contributed by atoms with van der Waals surface area (Å²) in [5.41, 5.74) is 4.38. The molecule has 1 atom stereocenters. The average Bonchev–Trinajstić information content (AvgIpc) is 2.12. The summed E-state index contributed by atoms with van der Waals surface area (Å²) in [5, 5.41) is 3.49. The summed E-state index contributed by atoms with van der Waals surface area (Å²) in [6, 6.07) is 4.85. The third kappa shape index (κ3) is 1.53. The molecule has 0 aromatic heterocycles. The van der Waals surface area contributed by atoms with Crippen molar-refractivity contribution >= 4 is 15.9 Å². The Balaban J connectivity index is 2.60. The lowest BCUT2D eigenvalue weighted by molar-refractivity contribution is 0.537. The van der Waals surface area contributed by atoms with Crippen LogP contribution in [0.25, 0.3) is 0 Å². The van der Waals surface area contributed by atoms with Crippen LogP contribution in [0.2, 0.25) is 0 Å². The second-order valence-corrected chi connectivity index (χ2v) is 4.54. The molecular formula is C11H14BrN. The minimum absolute atomic E-state index is 0.501. The average molecular weight is 240 g/mol. The number of fused-ring (bicyclic) bond motifs is 1. The molecule has 0 amide bonds. The zero-order valence-electron chi connectivity index (χ0n) is 8.02. The number of nitrogens with one attached hydrogen (secondary N) is 1. The number of benzene rings is 1. The molecule has 1 aromatic rings. The molecule has 1 N–H and O–H groups in total. The Bertz CT molecular complexity index is 333. The van der Waals surface area contributed by atoms with Crippen LogP contribution in [0, 0.1) is 6.92 Å². The Kier molecular flexibility index (Phi) is 2.43. The van der Waals surface area contributed by atoms with Crippen molar-refractivity contribution in [2.24, 2.45) is 0 Å². The van der Waals surface area contributed by atoms with Gasteiger partial charge in [-0.25, -0.2) is 0 Å². The summed E-state index contributed by atoms with van der Waals surface area (Å²) in [6.07, 6.45) is 1.14. The van der Waals surface area contributed by atoms with Gasteiger partial charge in [-0.15, -0.1) is 0 Å². The molecule has 0 saturated carbocycles. The molecule has 0 saturated heterocycles. The molecule has 0 unspecified atom stereocenters. The lowest BCUT2D eigenvalue weighted by atomic mass is 9.91. The van der Waals surface area contributed by atoms with Gasteiger partial charge < -0.3 is 5.32 Å². The van der Waals surface area contributed by atoms with Crippen molar-refractivity contribution in [2.45, 2.75) is 26.3 Å². The maximum absolute atomic E-state index is 3.62. The van der Waals surface area contributed by atoms with Crippen molar-refractivity contribution in [3.8, 4) is 0 Å². The fourth-order valence-corrected chi connectivity index (χ4v) is 2.67. The van der Waals surface area contributed by atoms with Crippen LogP contribution >= 0.6 is 15.9 Å². The first-order valence-corrected chi connectivity index (χ1v) is 5.50. The minimum Gasteiger partial charge on any atom is -0.310 e. The van der Waals surface area contributed by atoms with E-state index in [1.54, 1.807) is 0 Å². The molecule has 13 heavy (non-hydrogen) atoms. The van der Waals surface area contributed by atoms with E-state index in [2.05, 4.69) is 47.2 Å². The molecule has 0 fully saturated rings. The first kappa shape index (κ1) is 9.22. The smallest absolute Gasteiger partial charge is 0.0297 e. The van der Waals surface area contributed by atoms with Gasteiger partial charge >= 0.3 is 0 Å². The summed E-state index contributed by atoms with van der Waals surface area (Å²) in [6.45, 7) is 5.52. The van der Waals surface area contributed by atoms with E-state index in [1.807, 2.05) is 0 Å². The van der Waals surface area contributed by atoms with E-state index in [-0.39, 0.29) is 0 Å². The molecule has 1 aliphatic heterocycles. The third-order valence-corrected chi connectivity index (χ3v) is 3.52. The topological polar surface area (TPSA) is 12.0 Å². The molecule has 2 heteroatoms. The molecule has 1 heterocycles. The van der Waals surface area contributed by atoms with Gasteiger partial charge in [-0.05, 0) is 49.6 Å². The number of halogens is 1. The minimum atomic E-state index is 0.501. The summed E-state index contributed by atoms with van der Waals surface area (Å²) < 4.78 is 1.27. The van der Waals surface area contributed by atoms with Crippen LogP contribution in [0.4, 0.5) is 0 Å². The van der Waals surface area contributed by atoms with E-state index in [0.717, 1.165) is 13.0 Å². The normalized spacial score (nSPS) is 21.3. The van der Waals surface area contributed by atoms with E-state index >= 15 is 0 Å². The van der Waals surface area contributed by atoms with E-state index in [9.17, 15) is 0 Å². The van der Waals surface area contributed by atoms with E-state index in [4.69, 9.17) is 0 Å². The van der Waals surface area contributed by atoms with Crippen molar-refractivity contribution in [3.05, 3.63) is 33.3 Å². The monoisotopic (exact) mass is 239 g/mol. The van der Waals surface area contributed by atoms with Crippen molar-refractivity contribution in [3.63, 3.8) is 0 Å². The third-order valence-electron chi connectivity index (χ3n) is 2.78. The van der Waals surface area contributed by atoms with Crippen LogP contribution in [-0.4, -0.2) is 6.54 Å². The SMILES string of the molecule is Cc1ccc(Br)c2c1[C@@H](C)NCC2. The predicted octanol–water partition coefficient (Wildman–Crippen LogP) is 2.96. The van der Waals surface area contributed by atoms with Gasteiger partial charge in [0.25, 0.3) is 0 Å². The number of hydrogen-bond donors (Lipinski definition) is 1. The molecule has 0 radical (unpaired) electrons. The maximum Gasteiger partial charge on any atom is 0.0297 e. The summed E-state index contributed by atoms with van der Waals surface area (Å²) in [7, 11) is 0. The molecule has 1 aromatic carbocycles. The van der Waals surface area contributed by atoms with Crippen molar-refractivity contribution in [1.82, 2.24) is 5.32 Å². The van der Waals surface area contributed by atoms with Crippen molar-refractivity contribution in [2.75, 3.05) is 6.54 Å². The molecule has 0 aliphatic carbocycles. The lowest BCUT2D eigenvalue weighted by Gasteiger charge is -2.26. The molecule has 70 valence electrons. The highest BCUT2D eigenvalue weighted by molar-refractivity contribution is 9.10. The van der Waals surface area contributed by atoms with Crippen LogP contribution in [0.3, 0.4) is 0 Å². The second kappa shape index (κ2) is 3.43. The summed E-state index contributed by atoms with van der Waals surface area (Å²) in [4.78, 5) is 0. The predicted molar refractivity (Wildman–Crippen MR) is 59.0 cm³/mol. The zero-order chi connectivity index (χ0) is 9.42. The highest BCUT2D eigenvalue weighted by Gasteiger charge is 2.19. The first-order chi connectivity index (χ1) is 6.20. The summed E-state index contributed by atoms with van der Waals surface area (Å²) >= 11 is 3.62. The van der Waals surface area contributed by atoms with Gasteiger partial charge in [-0.1, -0.05) is 22.0 Å². The molecule has 1 nitrogen and oxygen atoms in total. The Morgan fingerprint density at radius 2 is 2.23 bits per heavy atom. The zero-order valence-corrected chi connectivity index (χ0v) is 9.61. The maximum atomic E-state index is 3.62. The standard InChI is InChI=1S/C11H14BrN/c1-7-3-4-10(12)9-5-6-13-8(2)11(7)9/h3-4,8,13H,5-6H2,1-2H3/t8-/m1/s1. The van der Waals surface area contributed by atoms with Gasteiger partial charge in [0, 0.05) is 10.5 Å². The first-order valence-electron chi connectivity index (χ1n) is 4.71. The van der Waals surface area contributed by atoms with Gasteiger partial charge in [0.15, 0.2) is 0 Å². The Morgan fingerprint density at radius 3 is 2.92 bits per heavy atom. The Labute approximate surface area is 87.7 Å². The van der Waals surface area contributed by atoms with Gasteiger partial charge in [-0.2, -0.15) is 0 Å². The largest absolute Gasteiger partial charge is 0.310 e. The lowest BCUT2D eigenvalue weighted by Crippen LogP contribution is -2.28. The van der Waals surface area contributed by atoms with Crippen LogP contribution in [0.15, 0.2) is 16.6 Å². The number of rotatable bonds is 0. The van der Waals surface area contributed by atoms with Crippen LogP contribution in [-0.2, 0) is 6.42 Å². The van der Waals surface area contributed by atoms with Gasteiger partial charge in [0.05, 0.1) is 0 Å². The quantitative estimate of drug-likeness (QED) is 0.735. The Hall–Kier alpha value is -0.340. The summed E-state index contributed by atoms with van der Waals surface area (Å²) in [5.74, 6) is 0. The molecule has 0 bridgehead atoms. The molecule has 0 spiro atoms. The van der Waals surface area contributed by atoms with Gasteiger partial charge in [-0.3, -0.25) is 0 Å².